The predicted molar refractivity (Wildman–Crippen MR) is 129 cm³/mol. The van der Waals surface area contributed by atoms with Gasteiger partial charge in [0.15, 0.2) is 5.16 Å². The summed E-state index contributed by atoms with van der Waals surface area (Å²) in [5, 5.41) is 17.4. The van der Waals surface area contributed by atoms with Gasteiger partial charge in [-0.2, -0.15) is 0 Å². The average molecular weight is 571 g/mol. The van der Waals surface area contributed by atoms with Crippen LogP contribution in [-0.4, -0.2) is 34.8 Å². The molecule has 0 aliphatic carbocycles. The Labute approximate surface area is 205 Å². The molecule has 170 valence electrons. The van der Waals surface area contributed by atoms with Gasteiger partial charge in [-0.05, 0) is 46.3 Å². The summed E-state index contributed by atoms with van der Waals surface area (Å²) in [5.41, 5.74) is 0.884. The fraction of sp³-hybridized carbons (Fsp3) is 0.0500. The normalized spacial score (nSPS) is 11.6. The van der Waals surface area contributed by atoms with Gasteiger partial charge in [0.05, 0.1) is 27.0 Å². The summed E-state index contributed by atoms with van der Waals surface area (Å²) in [5.74, 6) is -0.797. The molecule has 0 fully saturated rings. The van der Waals surface area contributed by atoms with Crippen molar-refractivity contribution < 1.29 is 17.6 Å². The molecule has 3 N–H and O–H groups in total. The van der Waals surface area contributed by atoms with Crippen LogP contribution in [-0.2, 0) is 14.8 Å². The Morgan fingerprint density at radius 3 is 2.58 bits per heavy atom. The number of halogens is 3. The van der Waals surface area contributed by atoms with Crippen molar-refractivity contribution in [2.45, 2.75) is 10.1 Å². The van der Waals surface area contributed by atoms with Gasteiger partial charge in [0.25, 0.3) is 0 Å². The second kappa shape index (κ2) is 9.39. The van der Waals surface area contributed by atoms with Gasteiger partial charge in [-0.1, -0.05) is 47.6 Å². The number of hydrogen-bond donors (Lipinski definition) is 2. The van der Waals surface area contributed by atoms with Crippen molar-refractivity contribution in [2.24, 2.45) is 5.14 Å². The maximum atomic E-state index is 14.2. The van der Waals surface area contributed by atoms with Crippen LogP contribution in [0.5, 0.6) is 0 Å². The zero-order valence-electron chi connectivity index (χ0n) is 16.5. The minimum absolute atomic E-state index is 0.0311. The molecule has 1 aromatic heterocycles. The van der Waals surface area contributed by atoms with E-state index >= 15 is 0 Å². The van der Waals surface area contributed by atoms with Crippen molar-refractivity contribution in [3.05, 3.63) is 70.2 Å². The molecule has 0 aliphatic rings. The molecule has 0 unspecified atom stereocenters. The smallest absolute Gasteiger partial charge is 0.238 e. The van der Waals surface area contributed by atoms with Gasteiger partial charge in [0, 0.05) is 10.8 Å². The lowest BCUT2D eigenvalue weighted by molar-refractivity contribution is -0.113. The molecular weight excluding hydrogens is 557 g/mol. The molecule has 0 atom stereocenters. The fourth-order valence-corrected chi connectivity index (χ4v) is 5.21. The van der Waals surface area contributed by atoms with E-state index in [2.05, 4.69) is 31.4 Å². The zero-order chi connectivity index (χ0) is 23.8. The first-order valence-electron chi connectivity index (χ1n) is 9.18. The van der Waals surface area contributed by atoms with E-state index in [1.807, 2.05) is 0 Å². The molecule has 1 amide bonds. The van der Waals surface area contributed by atoms with Crippen LogP contribution in [0.1, 0.15) is 0 Å². The van der Waals surface area contributed by atoms with Crippen LogP contribution in [0.3, 0.4) is 0 Å². The van der Waals surface area contributed by atoms with E-state index in [0.29, 0.717) is 26.3 Å². The Morgan fingerprint density at radius 2 is 1.88 bits per heavy atom. The van der Waals surface area contributed by atoms with E-state index in [1.165, 1.54) is 18.2 Å². The Morgan fingerprint density at radius 1 is 1.15 bits per heavy atom. The number of benzene rings is 3. The highest BCUT2D eigenvalue weighted by Gasteiger charge is 2.18. The van der Waals surface area contributed by atoms with E-state index in [0.717, 1.165) is 17.8 Å². The van der Waals surface area contributed by atoms with Crippen molar-refractivity contribution in [2.75, 3.05) is 11.1 Å². The fourth-order valence-electron chi connectivity index (χ4n) is 3.08. The summed E-state index contributed by atoms with van der Waals surface area (Å²) in [6.45, 7) is 0. The number of primary sulfonamides is 1. The summed E-state index contributed by atoms with van der Waals surface area (Å²) < 4.78 is 39.1. The monoisotopic (exact) mass is 569 g/mol. The zero-order valence-corrected chi connectivity index (χ0v) is 20.5. The maximum absolute atomic E-state index is 14.2. The van der Waals surface area contributed by atoms with Gasteiger partial charge >= 0.3 is 0 Å². The minimum Gasteiger partial charge on any atom is -0.324 e. The van der Waals surface area contributed by atoms with Gasteiger partial charge in [0.2, 0.25) is 20.7 Å². The molecule has 13 heteroatoms. The van der Waals surface area contributed by atoms with E-state index in [4.69, 9.17) is 16.7 Å². The lowest BCUT2D eigenvalue weighted by Crippen LogP contribution is -2.16. The van der Waals surface area contributed by atoms with Gasteiger partial charge in [0.1, 0.15) is 5.82 Å². The number of aromatic nitrogens is 3. The van der Waals surface area contributed by atoms with Crippen molar-refractivity contribution in [1.29, 1.82) is 0 Å². The molecule has 0 radical (unpaired) electrons. The third kappa shape index (κ3) is 5.04. The predicted octanol–water partition coefficient (Wildman–Crippen LogP) is 4.35. The Bertz CT molecular complexity index is 1500. The molecule has 0 saturated carbocycles. The highest BCUT2D eigenvalue weighted by molar-refractivity contribution is 9.10. The molecule has 0 saturated heterocycles. The number of nitrogens with one attached hydrogen (secondary N) is 1. The number of sulfonamides is 1. The number of amides is 1. The summed E-state index contributed by atoms with van der Waals surface area (Å²) in [6, 6.07) is 13.7. The lowest BCUT2D eigenvalue weighted by Gasteiger charge is -2.12. The first kappa shape index (κ1) is 23.6. The van der Waals surface area contributed by atoms with Crippen LogP contribution in [0, 0.1) is 5.82 Å². The summed E-state index contributed by atoms with van der Waals surface area (Å²) in [4.78, 5) is 12.3. The second-order valence-electron chi connectivity index (χ2n) is 6.72. The highest BCUT2D eigenvalue weighted by atomic mass is 79.9. The van der Waals surface area contributed by atoms with Gasteiger partial charge in [-0.25, -0.2) is 17.9 Å². The molecule has 8 nitrogen and oxygen atoms in total. The highest BCUT2D eigenvalue weighted by Crippen LogP contribution is 2.31. The van der Waals surface area contributed by atoms with Crippen LogP contribution in [0.2, 0.25) is 5.02 Å². The Kier molecular flexibility index (Phi) is 6.73. The molecule has 1 heterocycles. The molecule has 3 aromatic carbocycles. The van der Waals surface area contributed by atoms with Crippen molar-refractivity contribution in [3.8, 4) is 5.69 Å². The second-order valence-corrected chi connectivity index (χ2v) is 10.3. The van der Waals surface area contributed by atoms with Crippen LogP contribution in [0.25, 0.3) is 16.5 Å². The molecule has 4 aromatic rings. The van der Waals surface area contributed by atoms with Crippen LogP contribution >= 0.6 is 39.3 Å². The topological polar surface area (TPSA) is 120 Å². The first-order chi connectivity index (χ1) is 15.6. The molecule has 4 rings (SSSR count). The van der Waals surface area contributed by atoms with E-state index < -0.39 is 15.9 Å². The Hall–Kier alpha value is -2.51. The third-order valence-electron chi connectivity index (χ3n) is 4.56. The third-order valence-corrected chi connectivity index (χ3v) is 7.22. The lowest BCUT2D eigenvalue weighted by atomic mass is 10.1. The van der Waals surface area contributed by atoms with Gasteiger partial charge in [-0.15, -0.1) is 10.2 Å². The number of hydrogen-bond acceptors (Lipinski definition) is 6. The van der Waals surface area contributed by atoms with Gasteiger partial charge < -0.3 is 5.32 Å². The number of anilines is 1. The van der Waals surface area contributed by atoms with Crippen LogP contribution in [0.15, 0.2) is 69.4 Å². The van der Waals surface area contributed by atoms with Crippen LogP contribution in [0.4, 0.5) is 10.1 Å². The van der Waals surface area contributed by atoms with Crippen molar-refractivity contribution >= 4 is 71.7 Å². The van der Waals surface area contributed by atoms with E-state index in [1.54, 1.807) is 34.9 Å². The number of thioether (sulfide) groups is 1. The number of rotatable bonds is 6. The molecule has 33 heavy (non-hydrogen) atoms. The van der Waals surface area contributed by atoms with E-state index in [-0.39, 0.29) is 27.2 Å². The largest absolute Gasteiger partial charge is 0.324 e. The number of nitrogens with zero attached hydrogens (tertiary/aromatic N) is 3. The van der Waals surface area contributed by atoms with Crippen LogP contribution < -0.4 is 10.5 Å². The number of fused-ring (bicyclic) bond motifs is 1. The molecule has 0 aliphatic heterocycles. The first-order valence-corrected chi connectivity index (χ1v) is 12.9. The molecule has 0 spiro atoms. The molecule has 0 bridgehead atoms. The summed E-state index contributed by atoms with van der Waals surface area (Å²) in [7, 11) is -3.91. The average Bonchev–Trinajstić information content (AvgIpc) is 3.14. The Balaban J connectivity index is 1.55. The minimum atomic E-state index is -3.91. The summed E-state index contributed by atoms with van der Waals surface area (Å²) in [6.07, 6.45) is 0. The number of nitrogens with two attached hydrogens (primary N) is 1. The standard InChI is InChI=1S/C20H14BrClFN5O3S2/c21-19-26-27-20(28(19)17-8-6-15(23)12-3-1-2-4-13(12)17)32-10-18(29)25-16-7-5-11(9-14(16)22)33(24,30)31/h1-9H,10H2,(H,25,29)(H2,24,30,31). The quantitative estimate of drug-likeness (QED) is 0.333. The summed E-state index contributed by atoms with van der Waals surface area (Å²) >= 11 is 10.5. The van der Waals surface area contributed by atoms with Crippen molar-refractivity contribution in [3.63, 3.8) is 0 Å². The SMILES string of the molecule is NS(=O)(=O)c1ccc(NC(=O)CSc2nnc(Br)n2-c2ccc(F)c3ccccc23)c(Cl)c1. The van der Waals surface area contributed by atoms with Gasteiger partial charge in [-0.3, -0.25) is 9.36 Å². The number of carbonyl (C=O) groups is 1. The molecular formula is C20H14BrClFN5O3S2. The van der Waals surface area contributed by atoms with Crippen molar-refractivity contribution in [1.82, 2.24) is 14.8 Å². The maximum Gasteiger partial charge on any atom is 0.238 e. The number of carbonyl (C=O) groups excluding carboxylic acids is 1. The van der Waals surface area contributed by atoms with E-state index in [9.17, 15) is 17.6 Å².